The highest BCUT2D eigenvalue weighted by Crippen LogP contribution is 2.17. The van der Waals surface area contributed by atoms with Crippen molar-refractivity contribution >= 4 is 5.91 Å². The quantitative estimate of drug-likeness (QED) is 0.690. The highest BCUT2D eigenvalue weighted by atomic mass is 16.1. The van der Waals surface area contributed by atoms with E-state index in [2.05, 4.69) is 26.1 Å². The number of hydrogen-bond donors (Lipinski definition) is 1. The van der Waals surface area contributed by atoms with E-state index in [9.17, 15) is 4.79 Å². The molecule has 0 rings (SSSR count). The monoisotopic (exact) mass is 168 g/mol. The standard InChI is InChI=1S/C9H16N2O/c1-4-9(2,3)7-11-8(12)5-6-10/h4-5,7H2,1-3H3,(H,11,12). The van der Waals surface area contributed by atoms with Gasteiger partial charge in [-0.2, -0.15) is 5.26 Å². The van der Waals surface area contributed by atoms with Crippen molar-refractivity contribution in [2.75, 3.05) is 6.54 Å². The van der Waals surface area contributed by atoms with Crippen molar-refractivity contribution < 1.29 is 4.79 Å². The largest absolute Gasteiger partial charge is 0.355 e. The number of carbonyl (C=O) groups is 1. The number of hydrogen-bond acceptors (Lipinski definition) is 2. The summed E-state index contributed by atoms with van der Waals surface area (Å²) < 4.78 is 0. The predicted octanol–water partition coefficient (Wildman–Crippen LogP) is 1.45. The zero-order valence-corrected chi connectivity index (χ0v) is 7.98. The Hall–Kier alpha value is -1.04. The zero-order valence-electron chi connectivity index (χ0n) is 7.98. The van der Waals surface area contributed by atoms with E-state index in [1.54, 1.807) is 0 Å². The summed E-state index contributed by atoms with van der Waals surface area (Å²) in [5.74, 6) is -0.181. The maximum atomic E-state index is 10.9. The van der Waals surface area contributed by atoms with E-state index >= 15 is 0 Å². The molecule has 0 aliphatic carbocycles. The van der Waals surface area contributed by atoms with Crippen LogP contribution >= 0.6 is 0 Å². The van der Waals surface area contributed by atoms with Crippen LogP contribution in [0.1, 0.15) is 33.6 Å². The van der Waals surface area contributed by atoms with Crippen LogP contribution in [0.15, 0.2) is 0 Å². The first kappa shape index (κ1) is 11.0. The minimum Gasteiger partial charge on any atom is -0.355 e. The lowest BCUT2D eigenvalue weighted by molar-refractivity contribution is -0.120. The van der Waals surface area contributed by atoms with Crippen molar-refractivity contribution in [2.24, 2.45) is 5.41 Å². The highest BCUT2D eigenvalue weighted by molar-refractivity contribution is 5.77. The molecule has 0 aromatic heterocycles. The van der Waals surface area contributed by atoms with E-state index < -0.39 is 0 Å². The fourth-order valence-electron chi connectivity index (χ4n) is 0.597. The fraction of sp³-hybridized carbons (Fsp3) is 0.778. The zero-order chi connectivity index (χ0) is 9.61. The summed E-state index contributed by atoms with van der Waals surface area (Å²) in [6.07, 6.45) is 0.972. The molecule has 0 saturated heterocycles. The van der Waals surface area contributed by atoms with Crippen LogP contribution in [-0.2, 0) is 4.79 Å². The van der Waals surface area contributed by atoms with Gasteiger partial charge in [0.1, 0.15) is 6.42 Å². The van der Waals surface area contributed by atoms with Gasteiger partial charge in [-0.25, -0.2) is 0 Å². The Morgan fingerprint density at radius 3 is 2.58 bits per heavy atom. The minimum absolute atomic E-state index is 0.0419. The maximum Gasteiger partial charge on any atom is 0.234 e. The number of nitrogens with one attached hydrogen (secondary N) is 1. The number of nitrogens with zero attached hydrogens (tertiary/aromatic N) is 1. The van der Waals surface area contributed by atoms with Gasteiger partial charge in [0.25, 0.3) is 0 Å². The Kier molecular flexibility index (Phi) is 4.35. The summed E-state index contributed by atoms with van der Waals surface area (Å²) in [5.41, 5.74) is 0.130. The van der Waals surface area contributed by atoms with Crippen LogP contribution in [0.4, 0.5) is 0 Å². The summed E-state index contributed by atoms with van der Waals surface area (Å²) in [7, 11) is 0. The van der Waals surface area contributed by atoms with Gasteiger partial charge in [0.2, 0.25) is 5.91 Å². The predicted molar refractivity (Wildman–Crippen MR) is 47.3 cm³/mol. The Labute approximate surface area is 73.8 Å². The van der Waals surface area contributed by atoms with Crippen molar-refractivity contribution in [3.05, 3.63) is 0 Å². The van der Waals surface area contributed by atoms with E-state index in [1.807, 2.05) is 6.07 Å². The number of rotatable bonds is 4. The molecular weight excluding hydrogens is 152 g/mol. The van der Waals surface area contributed by atoms with Gasteiger partial charge in [-0.3, -0.25) is 4.79 Å². The Balaban J connectivity index is 3.69. The van der Waals surface area contributed by atoms with Crippen LogP contribution in [-0.4, -0.2) is 12.5 Å². The molecule has 0 saturated carbocycles. The Morgan fingerprint density at radius 2 is 2.17 bits per heavy atom. The van der Waals surface area contributed by atoms with Crippen molar-refractivity contribution in [1.29, 1.82) is 5.26 Å². The van der Waals surface area contributed by atoms with E-state index in [-0.39, 0.29) is 17.7 Å². The molecule has 12 heavy (non-hydrogen) atoms. The second kappa shape index (κ2) is 4.76. The average molecular weight is 168 g/mol. The van der Waals surface area contributed by atoms with Crippen LogP contribution in [0, 0.1) is 16.7 Å². The topological polar surface area (TPSA) is 52.9 Å². The molecule has 0 radical (unpaired) electrons. The molecular formula is C9H16N2O. The number of nitriles is 1. The van der Waals surface area contributed by atoms with E-state index in [0.717, 1.165) is 6.42 Å². The lowest BCUT2D eigenvalue weighted by atomic mass is 9.90. The van der Waals surface area contributed by atoms with Gasteiger partial charge in [0, 0.05) is 6.54 Å². The average Bonchev–Trinajstić information content (AvgIpc) is 2.02. The summed E-state index contributed by atoms with van der Waals surface area (Å²) >= 11 is 0. The first-order chi connectivity index (χ1) is 5.52. The molecule has 0 bridgehead atoms. The molecule has 1 amide bonds. The first-order valence-electron chi connectivity index (χ1n) is 4.15. The molecule has 0 atom stereocenters. The van der Waals surface area contributed by atoms with Crippen molar-refractivity contribution in [3.63, 3.8) is 0 Å². The minimum atomic E-state index is -0.181. The first-order valence-corrected chi connectivity index (χ1v) is 4.15. The molecule has 0 aromatic rings. The van der Waals surface area contributed by atoms with Crippen LogP contribution in [0.5, 0.6) is 0 Å². The second-order valence-electron chi connectivity index (χ2n) is 3.63. The van der Waals surface area contributed by atoms with Crippen molar-refractivity contribution in [3.8, 4) is 6.07 Å². The summed E-state index contributed by atoms with van der Waals surface area (Å²) in [6.45, 7) is 6.89. The summed E-state index contributed by atoms with van der Waals surface area (Å²) in [4.78, 5) is 10.9. The van der Waals surface area contributed by atoms with Gasteiger partial charge in [0.05, 0.1) is 6.07 Å². The van der Waals surface area contributed by atoms with E-state index in [0.29, 0.717) is 6.54 Å². The molecule has 0 aliphatic heterocycles. The van der Waals surface area contributed by atoms with Gasteiger partial charge in [-0.15, -0.1) is 0 Å². The van der Waals surface area contributed by atoms with Gasteiger partial charge in [-0.05, 0) is 11.8 Å². The summed E-state index contributed by atoms with van der Waals surface area (Å²) in [5, 5.41) is 10.9. The molecule has 0 spiro atoms. The van der Waals surface area contributed by atoms with E-state index in [1.165, 1.54) is 0 Å². The molecule has 0 fully saturated rings. The maximum absolute atomic E-state index is 10.9. The fourth-order valence-corrected chi connectivity index (χ4v) is 0.597. The third-order valence-corrected chi connectivity index (χ3v) is 1.96. The lowest BCUT2D eigenvalue weighted by Gasteiger charge is -2.22. The highest BCUT2D eigenvalue weighted by Gasteiger charge is 2.15. The third kappa shape index (κ3) is 4.73. The van der Waals surface area contributed by atoms with Crippen LogP contribution in [0.2, 0.25) is 0 Å². The van der Waals surface area contributed by atoms with Gasteiger partial charge < -0.3 is 5.32 Å². The Bertz CT molecular complexity index is 191. The van der Waals surface area contributed by atoms with Crippen molar-refractivity contribution in [2.45, 2.75) is 33.6 Å². The molecule has 0 heterocycles. The van der Waals surface area contributed by atoms with Gasteiger partial charge in [-0.1, -0.05) is 20.8 Å². The smallest absolute Gasteiger partial charge is 0.234 e. The van der Waals surface area contributed by atoms with Gasteiger partial charge in [0.15, 0.2) is 0 Å². The molecule has 0 aromatic carbocycles. The SMILES string of the molecule is CCC(C)(C)CNC(=O)CC#N. The van der Waals surface area contributed by atoms with Crippen LogP contribution < -0.4 is 5.32 Å². The van der Waals surface area contributed by atoms with Crippen LogP contribution in [0.3, 0.4) is 0 Å². The molecule has 68 valence electrons. The molecule has 3 heteroatoms. The molecule has 3 nitrogen and oxygen atoms in total. The third-order valence-electron chi connectivity index (χ3n) is 1.96. The normalized spacial score (nSPS) is 10.5. The van der Waals surface area contributed by atoms with Gasteiger partial charge >= 0.3 is 0 Å². The van der Waals surface area contributed by atoms with E-state index in [4.69, 9.17) is 5.26 Å². The second-order valence-corrected chi connectivity index (χ2v) is 3.63. The molecule has 1 N–H and O–H groups in total. The number of amides is 1. The number of carbonyl (C=O) groups excluding carboxylic acids is 1. The van der Waals surface area contributed by atoms with Crippen LogP contribution in [0.25, 0.3) is 0 Å². The molecule has 0 unspecified atom stereocenters. The summed E-state index contributed by atoms with van der Waals surface area (Å²) in [6, 6.07) is 1.81. The Morgan fingerprint density at radius 1 is 1.58 bits per heavy atom. The lowest BCUT2D eigenvalue weighted by Crippen LogP contribution is -2.33. The molecule has 0 aliphatic rings. The van der Waals surface area contributed by atoms with Crippen molar-refractivity contribution in [1.82, 2.24) is 5.32 Å².